The molecule has 11 nitrogen and oxygen atoms in total. The molecule has 6 N–H and O–H groups in total. The van der Waals surface area contributed by atoms with Gasteiger partial charge >= 0.3 is 5.97 Å². The summed E-state index contributed by atoms with van der Waals surface area (Å²) in [6.07, 6.45) is 75.5. The summed E-state index contributed by atoms with van der Waals surface area (Å²) in [7, 11) is 0. The van der Waals surface area contributed by atoms with Gasteiger partial charge in [-0.05, 0) is 89.9 Å². The zero-order valence-electron chi connectivity index (χ0n) is 58.8. The van der Waals surface area contributed by atoms with E-state index < -0.39 is 67.4 Å². The lowest BCUT2D eigenvalue weighted by Crippen LogP contribution is -2.61. The van der Waals surface area contributed by atoms with Gasteiger partial charge in [0, 0.05) is 6.42 Å². The van der Waals surface area contributed by atoms with Gasteiger partial charge in [0.1, 0.15) is 24.4 Å². The number of unbranched alkanes of at least 4 members (excludes halogenated alkanes) is 45. The van der Waals surface area contributed by atoms with E-state index in [0.717, 1.165) is 70.6 Å². The molecule has 0 saturated carbocycles. The minimum atomic E-state index is -1.61. The van der Waals surface area contributed by atoms with Crippen molar-refractivity contribution < 1.29 is 49.3 Å². The number of aliphatic hydroxyl groups is 5. The van der Waals surface area contributed by atoms with Crippen LogP contribution in [0.25, 0.3) is 0 Å². The summed E-state index contributed by atoms with van der Waals surface area (Å²) in [6, 6.07) is -1.02. The molecule has 1 saturated heterocycles. The third kappa shape index (κ3) is 52.7. The standard InChI is InChI=1S/C79H145NO10/c1-4-7-10-13-16-19-22-25-27-29-31-33-35-36-37-38-39-41-43-45-47-49-52-55-58-61-64-67-74(84)90-77-76(86)75(85)73(68-81)89-79(77)88-69-70(71(82)65-62-59-56-53-50-24-21-18-15-12-9-6-3)80-78(87)72(83)66-63-60-57-54-51-48-46-44-42-40-34-32-30-28-26-23-20-17-14-11-8-5-2/h16-17,19-20,25-28,62,65,70-73,75-77,79,81-83,85-86H,4-15,18,21-24,29-61,63-64,66-69H2,1-3H3,(H,80,87)/b19-16-,20-17-,27-25-,28-26-,65-62+. The second-order valence-electron chi connectivity index (χ2n) is 26.7. The predicted molar refractivity (Wildman–Crippen MR) is 380 cm³/mol. The van der Waals surface area contributed by atoms with E-state index in [0.29, 0.717) is 19.3 Å². The quantitative estimate of drug-likeness (QED) is 0.0195. The van der Waals surface area contributed by atoms with E-state index in [2.05, 4.69) is 74.7 Å². The van der Waals surface area contributed by atoms with Gasteiger partial charge in [-0.1, -0.05) is 332 Å². The zero-order chi connectivity index (χ0) is 65.3. The topological polar surface area (TPSA) is 175 Å². The van der Waals surface area contributed by atoms with Crippen molar-refractivity contribution in [3.63, 3.8) is 0 Å². The Balaban J connectivity index is 2.50. The minimum absolute atomic E-state index is 0.126. The normalized spacial score (nSPS) is 18.3. The van der Waals surface area contributed by atoms with E-state index in [1.165, 1.54) is 250 Å². The van der Waals surface area contributed by atoms with E-state index >= 15 is 0 Å². The van der Waals surface area contributed by atoms with Crippen LogP contribution in [0.2, 0.25) is 0 Å². The summed E-state index contributed by atoms with van der Waals surface area (Å²) < 4.78 is 17.7. The van der Waals surface area contributed by atoms with Gasteiger partial charge in [0.25, 0.3) is 0 Å². The van der Waals surface area contributed by atoms with Crippen LogP contribution in [0.3, 0.4) is 0 Å². The summed E-state index contributed by atoms with van der Waals surface area (Å²) in [5.74, 6) is -1.18. The highest BCUT2D eigenvalue weighted by molar-refractivity contribution is 5.80. The van der Waals surface area contributed by atoms with Crippen LogP contribution < -0.4 is 5.32 Å². The monoisotopic (exact) mass is 1270 g/mol. The average molecular weight is 1270 g/mol. The molecule has 11 heteroatoms. The number of allylic oxidation sites excluding steroid dienone is 9. The Hall–Kier alpha value is -2.64. The fourth-order valence-corrected chi connectivity index (χ4v) is 12.1. The molecule has 0 aromatic carbocycles. The van der Waals surface area contributed by atoms with Crippen LogP contribution in [-0.2, 0) is 23.8 Å². The number of ether oxygens (including phenoxy) is 3. The number of hydrogen-bond donors (Lipinski definition) is 6. The lowest BCUT2D eigenvalue weighted by Gasteiger charge is -2.41. The maximum atomic E-state index is 13.5. The summed E-state index contributed by atoms with van der Waals surface area (Å²) in [5.41, 5.74) is 0. The second kappa shape index (κ2) is 66.4. The second-order valence-corrected chi connectivity index (χ2v) is 26.7. The minimum Gasteiger partial charge on any atom is -0.454 e. The third-order valence-corrected chi connectivity index (χ3v) is 18.1. The van der Waals surface area contributed by atoms with Gasteiger partial charge in [0.2, 0.25) is 5.91 Å². The Labute approximate surface area is 554 Å². The number of carbonyl (C=O) groups is 2. The Bertz CT molecular complexity index is 1700. The van der Waals surface area contributed by atoms with Gasteiger partial charge < -0.3 is 45.1 Å². The molecule has 1 fully saturated rings. The molecule has 8 unspecified atom stereocenters. The van der Waals surface area contributed by atoms with Crippen LogP contribution in [0.5, 0.6) is 0 Å². The van der Waals surface area contributed by atoms with E-state index in [1.54, 1.807) is 6.08 Å². The van der Waals surface area contributed by atoms with Crippen LogP contribution >= 0.6 is 0 Å². The van der Waals surface area contributed by atoms with Crippen LogP contribution in [0.4, 0.5) is 0 Å². The smallest absolute Gasteiger partial charge is 0.306 e. The van der Waals surface area contributed by atoms with Crippen molar-refractivity contribution in [2.24, 2.45) is 0 Å². The van der Waals surface area contributed by atoms with Gasteiger partial charge in [-0.25, -0.2) is 0 Å². The van der Waals surface area contributed by atoms with Crippen LogP contribution in [0.1, 0.15) is 367 Å². The Morgan fingerprint density at radius 3 is 1.16 bits per heavy atom. The summed E-state index contributed by atoms with van der Waals surface area (Å²) in [5, 5.41) is 57.4. The number of carbonyl (C=O) groups excluding carboxylic acids is 2. The van der Waals surface area contributed by atoms with Crippen LogP contribution in [-0.4, -0.2) is 99.6 Å². The maximum Gasteiger partial charge on any atom is 0.306 e. The van der Waals surface area contributed by atoms with Crippen molar-refractivity contribution in [1.82, 2.24) is 5.32 Å². The summed E-state index contributed by atoms with van der Waals surface area (Å²) >= 11 is 0. The molecular weight excluding hydrogens is 1120 g/mol. The molecular formula is C79H145NO10. The fourth-order valence-electron chi connectivity index (χ4n) is 12.1. The molecule has 0 aromatic heterocycles. The van der Waals surface area contributed by atoms with Crippen LogP contribution in [0, 0.1) is 0 Å². The molecule has 1 rings (SSSR count). The maximum absolute atomic E-state index is 13.5. The Morgan fingerprint density at radius 2 is 0.767 bits per heavy atom. The van der Waals surface area contributed by atoms with Gasteiger partial charge in [-0.2, -0.15) is 0 Å². The lowest BCUT2D eigenvalue weighted by atomic mass is 9.99. The highest BCUT2D eigenvalue weighted by Gasteiger charge is 2.47. The molecule has 90 heavy (non-hydrogen) atoms. The molecule has 0 bridgehead atoms. The number of aliphatic hydroxyl groups excluding tert-OH is 5. The molecule has 1 amide bonds. The third-order valence-electron chi connectivity index (χ3n) is 18.1. The molecule has 1 heterocycles. The highest BCUT2D eigenvalue weighted by Crippen LogP contribution is 2.27. The van der Waals surface area contributed by atoms with E-state index in [4.69, 9.17) is 14.2 Å². The molecule has 1 aliphatic heterocycles. The molecule has 526 valence electrons. The summed E-state index contributed by atoms with van der Waals surface area (Å²) in [6.45, 7) is 5.80. The average Bonchev–Trinajstić information content (AvgIpc) is 3.71. The number of nitrogens with one attached hydrogen (secondary N) is 1. The number of esters is 1. The van der Waals surface area contributed by atoms with Gasteiger partial charge in [-0.3, -0.25) is 9.59 Å². The molecule has 0 spiro atoms. The summed E-state index contributed by atoms with van der Waals surface area (Å²) in [4.78, 5) is 26.7. The van der Waals surface area contributed by atoms with Crippen LogP contribution in [0.15, 0.2) is 60.8 Å². The molecule has 0 aliphatic carbocycles. The van der Waals surface area contributed by atoms with Gasteiger partial charge in [0.05, 0.1) is 25.4 Å². The first-order valence-electron chi connectivity index (χ1n) is 38.6. The zero-order valence-corrected chi connectivity index (χ0v) is 58.8. The predicted octanol–water partition coefficient (Wildman–Crippen LogP) is 20.5. The fraction of sp³-hybridized carbons (Fsp3) is 0.848. The number of rotatable bonds is 67. The first-order valence-corrected chi connectivity index (χ1v) is 38.6. The van der Waals surface area contributed by atoms with E-state index in [1.807, 2.05) is 6.08 Å². The van der Waals surface area contributed by atoms with Crippen molar-refractivity contribution in [2.45, 2.75) is 416 Å². The van der Waals surface area contributed by atoms with Crippen molar-refractivity contribution in [3.8, 4) is 0 Å². The SMILES string of the molecule is CCCCC/C=C\C/C=C\CCCCCCCCCCCCCCCCCCCC(=O)OC1C(OCC(NC(=O)C(O)CCCCCCCCCCCCCC/C=C\C/C=C\CCCCC)C(O)/C=C/CCCCCCCCCCCC)OC(CO)C(O)C1O. The van der Waals surface area contributed by atoms with Gasteiger partial charge in [-0.15, -0.1) is 0 Å². The largest absolute Gasteiger partial charge is 0.454 e. The van der Waals surface area contributed by atoms with Crippen molar-refractivity contribution in [2.75, 3.05) is 13.2 Å². The molecule has 0 aromatic rings. The molecule has 0 radical (unpaired) electrons. The molecule has 1 aliphatic rings. The Kier molecular flexibility index (Phi) is 63.0. The van der Waals surface area contributed by atoms with Crippen molar-refractivity contribution in [1.29, 1.82) is 0 Å². The van der Waals surface area contributed by atoms with E-state index in [9.17, 15) is 35.1 Å². The van der Waals surface area contributed by atoms with E-state index in [-0.39, 0.29) is 13.0 Å². The first-order chi connectivity index (χ1) is 44.2. The number of hydrogen-bond acceptors (Lipinski definition) is 10. The first kappa shape index (κ1) is 85.4. The van der Waals surface area contributed by atoms with Crippen molar-refractivity contribution >= 4 is 11.9 Å². The number of amides is 1. The molecule has 8 atom stereocenters. The highest BCUT2D eigenvalue weighted by atomic mass is 16.7. The van der Waals surface area contributed by atoms with Gasteiger partial charge in [0.15, 0.2) is 12.4 Å². The van der Waals surface area contributed by atoms with Crippen molar-refractivity contribution in [3.05, 3.63) is 60.8 Å². The Morgan fingerprint density at radius 1 is 0.433 bits per heavy atom. The lowest BCUT2D eigenvalue weighted by molar-refractivity contribution is -0.305.